The molecule has 0 saturated heterocycles. The molecular formula is C6H12OPtS2. The van der Waals surface area contributed by atoms with E-state index in [2.05, 4.69) is 31.8 Å². The van der Waals surface area contributed by atoms with Crippen molar-refractivity contribution in [3.63, 3.8) is 0 Å². The average Bonchev–Trinajstić information content (AvgIpc) is 1.80. The van der Waals surface area contributed by atoms with Gasteiger partial charge >= 0.3 is 0 Å². The van der Waals surface area contributed by atoms with Crippen LogP contribution in [-0.4, -0.2) is 11.0 Å². The fraction of sp³-hybridized carbons (Fsp3) is 0.833. The van der Waals surface area contributed by atoms with E-state index >= 15 is 0 Å². The molecule has 64 valence electrons. The zero-order valence-corrected chi connectivity index (χ0v) is 9.89. The van der Waals surface area contributed by atoms with Crippen LogP contribution in [0.4, 0.5) is 0 Å². The quantitative estimate of drug-likeness (QED) is 0.469. The Bertz CT molecular complexity index is 87.8. The van der Waals surface area contributed by atoms with Crippen molar-refractivity contribution < 1.29 is 25.8 Å². The first-order valence-electron chi connectivity index (χ1n) is 3.13. The van der Waals surface area contributed by atoms with Gasteiger partial charge in [0, 0.05) is 21.1 Å². The third-order valence-corrected chi connectivity index (χ3v) is 1.22. The molecule has 0 saturated carbocycles. The summed E-state index contributed by atoms with van der Waals surface area (Å²) in [6.07, 6.45) is 3.50. The number of rotatable bonds is 4. The number of hydrogen-bond acceptors (Lipinski definition) is 2. The first-order chi connectivity index (χ1) is 4.27. The average molecular weight is 359 g/mol. The van der Waals surface area contributed by atoms with E-state index in [-0.39, 0.29) is 21.1 Å². The van der Waals surface area contributed by atoms with E-state index in [9.17, 15) is 0 Å². The van der Waals surface area contributed by atoms with Gasteiger partial charge in [0.25, 0.3) is 0 Å². The maximum atomic E-state index is 4.94. The van der Waals surface area contributed by atoms with E-state index in [4.69, 9.17) is 4.74 Å². The van der Waals surface area contributed by atoms with Crippen molar-refractivity contribution in [2.24, 2.45) is 0 Å². The van der Waals surface area contributed by atoms with Crippen LogP contribution in [0.3, 0.4) is 0 Å². The minimum absolute atomic E-state index is 0. The summed E-state index contributed by atoms with van der Waals surface area (Å²) >= 11 is 8.40. The van der Waals surface area contributed by atoms with Crippen LogP contribution in [-0.2, 0) is 25.8 Å². The van der Waals surface area contributed by atoms with Gasteiger partial charge in [0.1, 0.15) is 0 Å². The fourth-order valence-corrected chi connectivity index (χ4v) is 0.686. The molecule has 0 rings (SSSR count). The van der Waals surface area contributed by atoms with Gasteiger partial charge < -0.3 is 4.74 Å². The molecule has 1 nitrogen and oxygen atoms in total. The van der Waals surface area contributed by atoms with E-state index < -0.39 is 0 Å². The fourth-order valence-electron chi connectivity index (χ4n) is 0.512. The molecule has 0 amide bonds. The van der Waals surface area contributed by atoms with Crippen molar-refractivity contribution in [2.45, 2.75) is 26.2 Å². The summed E-state index contributed by atoms with van der Waals surface area (Å²) in [5, 5.41) is 0. The summed E-state index contributed by atoms with van der Waals surface area (Å²) in [6, 6.07) is 0. The summed E-state index contributed by atoms with van der Waals surface area (Å²) < 4.78 is 5.29. The van der Waals surface area contributed by atoms with E-state index in [0.29, 0.717) is 4.38 Å². The molecule has 0 fully saturated rings. The topological polar surface area (TPSA) is 9.23 Å². The molecular weight excluding hydrogens is 347 g/mol. The molecule has 0 aliphatic rings. The van der Waals surface area contributed by atoms with E-state index in [1.54, 1.807) is 0 Å². The first-order valence-corrected chi connectivity index (χ1v) is 3.98. The molecule has 0 heterocycles. The number of unbranched alkanes of at least 4 members (excludes halogenated alkanes) is 2. The smallest absolute Gasteiger partial charge is 0.216 e. The summed E-state index contributed by atoms with van der Waals surface area (Å²) in [4.78, 5) is 0. The van der Waals surface area contributed by atoms with Gasteiger partial charge in [0.15, 0.2) is 0 Å². The Morgan fingerprint density at radius 3 is 2.50 bits per heavy atom. The molecule has 10 heavy (non-hydrogen) atoms. The molecule has 0 aromatic carbocycles. The van der Waals surface area contributed by atoms with Crippen LogP contribution in [0.25, 0.3) is 0 Å². The van der Waals surface area contributed by atoms with Gasteiger partial charge in [-0.3, -0.25) is 0 Å². The zero-order valence-electron chi connectivity index (χ0n) is 5.91. The number of hydrogen-bond donors (Lipinski definition) is 1. The van der Waals surface area contributed by atoms with Crippen molar-refractivity contribution in [1.29, 1.82) is 0 Å². The first kappa shape index (κ1) is 13.5. The van der Waals surface area contributed by atoms with Gasteiger partial charge in [-0.15, -0.1) is 0 Å². The Kier molecular flexibility index (Phi) is 13.4. The maximum absolute atomic E-state index is 4.94. The van der Waals surface area contributed by atoms with Crippen LogP contribution in [0.15, 0.2) is 0 Å². The van der Waals surface area contributed by atoms with Crippen LogP contribution in [0.5, 0.6) is 0 Å². The third-order valence-electron chi connectivity index (χ3n) is 0.973. The van der Waals surface area contributed by atoms with Crippen molar-refractivity contribution >= 4 is 29.2 Å². The molecule has 0 spiro atoms. The standard InChI is InChI=1S/C6H12OS2.Pt/c1-2-3-4-5-7-6(8)9;/h2-5H2,1H3,(H,8,9);. The van der Waals surface area contributed by atoms with Crippen molar-refractivity contribution in [2.75, 3.05) is 6.61 Å². The van der Waals surface area contributed by atoms with Crippen LogP contribution in [0.2, 0.25) is 0 Å². The molecule has 0 aromatic heterocycles. The Hall–Kier alpha value is 0.928. The molecule has 0 bridgehead atoms. The van der Waals surface area contributed by atoms with Crippen LogP contribution < -0.4 is 0 Å². The molecule has 0 atom stereocenters. The Labute approximate surface area is 87.6 Å². The maximum Gasteiger partial charge on any atom is 0.216 e. The van der Waals surface area contributed by atoms with Crippen LogP contribution >= 0.6 is 24.8 Å². The molecule has 0 aromatic rings. The summed E-state index contributed by atoms with van der Waals surface area (Å²) in [5.41, 5.74) is 0. The largest absolute Gasteiger partial charge is 0.479 e. The molecule has 4 heteroatoms. The van der Waals surface area contributed by atoms with Gasteiger partial charge in [-0.2, -0.15) is 0 Å². The number of thiocarbonyl (C=S) groups is 1. The second-order valence-electron chi connectivity index (χ2n) is 1.82. The Balaban J connectivity index is 0. The van der Waals surface area contributed by atoms with Crippen molar-refractivity contribution in [3.8, 4) is 0 Å². The van der Waals surface area contributed by atoms with Gasteiger partial charge in [-0.05, 0) is 18.6 Å². The number of thiol groups is 1. The van der Waals surface area contributed by atoms with E-state index in [1.807, 2.05) is 0 Å². The minimum atomic E-state index is 0. The molecule has 0 unspecified atom stereocenters. The zero-order chi connectivity index (χ0) is 7.11. The molecule has 0 aliphatic carbocycles. The Morgan fingerprint density at radius 2 is 2.10 bits per heavy atom. The number of ether oxygens (including phenoxy) is 1. The van der Waals surface area contributed by atoms with Crippen molar-refractivity contribution in [3.05, 3.63) is 0 Å². The normalized spacial score (nSPS) is 8.20. The van der Waals surface area contributed by atoms with Gasteiger partial charge in [0.05, 0.1) is 6.61 Å². The van der Waals surface area contributed by atoms with Gasteiger partial charge in [0.2, 0.25) is 4.38 Å². The molecule has 0 aliphatic heterocycles. The SMILES string of the molecule is CCCCCOC(=S)S.[Pt]. The summed E-state index contributed by atoms with van der Waals surface area (Å²) in [7, 11) is 0. The second kappa shape index (κ2) is 9.93. The summed E-state index contributed by atoms with van der Waals surface area (Å²) in [6.45, 7) is 2.87. The van der Waals surface area contributed by atoms with E-state index in [0.717, 1.165) is 13.0 Å². The van der Waals surface area contributed by atoms with E-state index in [1.165, 1.54) is 12.8 Å². The van der Waals surface area contributed by atoms with Gasteiger partial charge in [-0.25, -0.2) is 0 Å². The summed E-state index contributed by atoms with van der Waals surface area (Å²) in [5.74, 6) is 0. The predicted molar refractivity (Wildman–Crippen MR) is 47.1 cm³/mol. The third kappa shape index (κ3) is 11.7. The monoisotopic (exact) mass is 359 g/mol. The van der Waals surface area contributed by atoms with Gasteiger partial charge in [-0.1, -0.05) is 32.4 Å². The van der Waals surface area contributed by atoms with Crippen LogP contribution in [0, 0.1) is 0 Å². The predicted octanol–water partition coefficient (Wildman–Crippen LogP) is 2.41. The second-order valence-corrected chi connectivity index (χ2v) is 2.90. The Morgan fingerprint density at radius 1 is 1.50 bits per heavy atom. The van der Waals surface area contributed by atoms with Crippen LogP contribution in [0.1, 0.15) is 26.2 Å². The minimum Gasteiger partial charge on any atom is -0.479 e. The van der Waals surface area contributed by atoms with Crippen molar-refractivity contribution in [1.82, 2.24) is 0 Å². The molecule has 0 radical (unpaired) electrons. The molecule has 0 N–H and O–H groups in total.